The zero-order valence-electron chi connectivity index (χ0n) is 11.5. The molecule has 0 fully saturated rings. The maximum Gasteiger partial charge on any atom is 0.239 e. The number of amides is 1. The third-order valence-electron chi connectivity index (χ3n) is 3.13. The van der Waals surface area contributed by atoms with Crippen molar-refractivity contribution in [3.63, 3.8) is 0 Å². The molecule has 2 rings (SSSR count). The van der Waals surface area contributed by atoms with E-state index in [4.69, 9.17) is 5.73 Å². The molecule has 0 aliphatic carbocycles. The highest BCUT2D eigenvalue weighted by Gasteiger charge is 2.20. The summed E-state index contributed by atoms with van der Waals surface area (Å²) in [5, 5.41) is 4.10. The number of carbonyl (C=O) groups is 1. The molecule has 1 aromatic carbocycles. The predicted molar refractivity (Wildman–Crippen MR) is 77.8 cm³/mol. The maximum atomic E-state index is 11.6. The highest BCUT2D eigenvalue weighted by molar-refractivity contribution is 5.85. The van der Waals surface area contributed by atoms with Gasteiger partial charge in [0.15, 0.2) is 0 Å². The van der Waals surface area contributed by atoms with Gasteiger partial charge in [-0.3, -0.25) is 4.79 Å². The lowest BCUT2D eigenvalue weighted by Gasteiger charge is -2.17. The molecule has 0 unspecified atom stereocenters. The molecule has 19 heavy (non-hydrogen) atoms. The highest BCUT2D eigenvalue weighted by Crippen LogP contribution is 2.15. The minimum Gasteiger partial charge on any atom is -0.354 e. The van der Waals surface area contributed by atoms with E-state index in [-0.39, 0.29) is 5.91 Å². The summed E-state index contributed by atoms with van der Waals surface area (Å²) in [6.07, 6.45) is 2.97. The molecule has 102 valence electrons. The Hall–Kier alpha value is -1.81. The van der Waals surface area contributed by atoms with E-state index in [1.165, 1.54) is 10.9 Å². The summed E-state index contributed by atoms with van der Waals surface area (Å²) in [6, 6.07) is 10.4. The standard InChI is InChI=1S/C15H21N3O/c1-15(2,16)14(19)17-9-5-10-18-11-8-12-6-3-4-7-13(12)18/h3-4,6-8,11H,5,9-10,16H2,1-2H3,(H,17,19). The zero-order valence-corrected chi connectivity index (χ0v) is 11.5. The summed E-state index contributed by atoms with van der Waals surface area (Å²) in [7, 11) is 0. The number of para-hydroxylation sites is 1. The fraction of sp³-hybridized carbons (Fsp3) is 0.400. The molecule has 4 nitrogen and oxygen atoms in total. The Morgan fingerprint density at radius 1 is 1.32 bits per heavy atom. The quantitative estimate of drug-likeness (QED) is 0.805. The second-order valence-corrected chi connectivity index (χ2v) is 5.40. The lowest BCUT2D eigenvalue weighted by molar-refractivity contribution is -0.125. The molecule has 0 radical (unpaired) electrons. The Labute approximate surface area is 113 Å². The van der Waals surface area contributed by atoms with Gasteiger partial charge in [-0.1, -0.05) is 18.2 Å². The van der Waals surface area contributed by atoms with Crippen LogP contribution in [-0.2, 0) is 11.3 Å². The Kier molecular flexibility index (Phi) is 3.90. The zero-order chi connectivity index (χ0) is 13.9. The number of nitrogens with zero attached hydrogens (tertiary/aromatic N) is 1. The molecule has 0 saturated heterocycles. The summed E-state index contributed by atoms with van der Waals surface area (Å²) in [4.78, 5) is 11.6. The van der Waals surface area contributed by atoms with Crippen molar-refractivity contribution in [1.29, 1.82) is 0 Å². The number of rotatable bonds is 5. The smallest absolute Gasteiger partial charge is 0.239 e. The number of hydrogen-bond acceptors (Lipinski definition) is 2. The lowest BCUT2D eigenvalue weighted by atomic mass is 10.1. The molecule has 1 aromatic heterocycles. The van der Waals surface area contributed by atoms with Crippen molar-refractivity contribution >= 4 is 16.8 Å². The molecule has 1 amide bonds. The fourth-order valence-corrected chi connectivity index (χ4v) is 2.01. The molecule has 0 aliphatic rings. The van der Waals surface area contributed by atoms with Crippen molar-refractivity contribution in [2.24, 2.45) is 5.73 Å². The SMILES string of the molecule is CC(C)(N)C(=O)NCCCn1ccc2ccccc21. The van der Waals surface area contributed by atoms with E-state index >= 15 is 0 Å². The first kappa shape index (κ1) is 13.6. The molecule has 2 aromatic rings. The third-order valence-corrected chi connectivity index (χ3v) is 3.13. The molecule has 4 heteroatoms. The molecule has 1 heterocycles. The van der Waals surface area contributed by atoms with E-state index in [1.807, 2.05) is 12.1 Å². The highest BCUT2D eigenvalue weighted by atomic mass is 16.2. The first-order valence-electron chi connectivity index (χ1n) is 6.59. The minimum atomic E-state index is -0.805. The van der Waals surface area contributed by atoms with Gasteiger partial charge in [-0.25, -0.2) is 0 Å². The average molecular weight is 259 g/mol. The van der Waals surface area contributed by atoms with Crippen molar-refractivity contribution in [1.82, 2.24) is 9.88 Å². The molecule has 3 N–H and O–H groups in total. The molecule has 0 bridgehead atoms. The van der Waals surface area contributed by atoms with Crippen LogP contribution in [0.1, 0.15) is 20.3 Å². The van der Waals surface area contributed by atoms with E-state index in [2.05, 4.69) is 34.3 Å². The summed E-state index contributed by atoms with van der Waals surface area (Å²) in [5.41, 5.74) is 6.14. The first-order chi connectivity index (χ1) is 8.98. The monoisotopic (exact) mass is 259 g/mol. The van der Waals surface area contributed by atoms with E-state index in [0.717, 1.165) is 13.0 Å². The number of nitrogens with two attached hydrogens (primary N) is 1. The van der Waals surface area contributed by atoms with Crippen molar-refractivity contribution in [2.45, 2.75) is 32.4 Å². The van der Waals surface area contributed by atoms with Crippen LogP contribution in [0.3, 0.4) is 0 Å². The van der Waals surface area contributed by atoms with E-state index in [1.54, 1.807) is 13.8 Å². The van der Waals surface area contributed by atoms with Gasteiger partial charge in [0.1, 0.15) is 0 Å². The topological polar surface area (TPSA) is 60.1 Å². The summed E-state index contributed by atoms with van der Waals surface area (Å²) in [5.74, 6) is -0.107. The number of hydrogen-bond donors (Lipinski definition) is 2. The van der Waals surface area contributed by atoms with Crippen LogP contribution in [0.2, 0.25) is 0 Å². The van der Waals surface area contributed by atoms with Crippen molar-refractivity contribution in [2.75, 3.05) is 6.54 Å². The largest absolute Gasteiger partial charge is 0.354 e. The molecule has 0 saturated carbocycles. The number of fused-ring (bicyclic) bond motifs is 1. The lowest BCUT2D eigenvalue weighted by Crippen LogP contribution is -2.49. The van der Waals surface area contributed by atoms with Gasteiger partial charge in [0.05, 0.1) is 5.54 Å². The van der Waals surface area contributed by atoms with Gasteiger partial charge in [-0.15, -0.1) is 0 Å². The second-order valence-electron chi connectivity index (χ2n) is 5.40. The van der Waals surface area contributed by atoms with Gasteiger partial charge in [-0.05, 0) is 37.8 Å². The molecule has 0 atom stereocenters. The predicted octanol–water partition coefficient (Wildman–Crippen LogP) is 1.88. The van der Waals surface area contributed by atoms with Gasteiger partial charge in [0.25, 0.3) is 0 Å². The second kappa shape index (κ2) is 5.45. The normalized spacial score (nSPS) is 11.7. The summed E-state index contributed by atoms with van der Waals surface area (Å²) >= 11 is 0. The van der Waals surface area contributed by atoms with Crippen LogP contribution in [0.5, 0.6) is 0 Å². The maximum absolute atomic E-state index is 11.6. The molecular formula is C15H21N3O. The molecule has 0 aliphatic heterocycles. The van der Waals surface area contributed by atoms with Crippen LogP contribution in [-0.4, -0.2) is 22.6 Å². The Morgan fingerprint density at radius 2 is 2.05 bits per heavy atom. The van der Waals surface area contributed by atoms with E-state index in [9.17, 15) is 4.79 Å². The number of aryl methyl sites for hydroxylation is 1. The average Bonchev–Trinajstić information content (AvgIpc) is 2.76. The number of aromatic nitrogens is 1. The van der Waals surface area contributed by atoms with E-state index in [0.29, 0.717) is 6.54 Å². The third kappa shape index (κ3) is 3.35. The van der Waals surface area contributed by atoms with Crippen LogP contribution in [0, 0.1) is 0 Å². The van der Waals surface area contributed by atoms with Gasteiger partial charge in [-0.2, -0.15) is 0 Å². The van der Waals surface area contributed by atoms with Crippen molar-refractivity contribution in [3.05, 3.63) is 36.5 Å². The van der Waals surface area contributed by atoms with Crippen molar-refractivity contribution in [3.8, 4) is 0 Å². The number of nitrogens with one attached hydrogen (secondary N) is 1. The summed E-state index contributed by atoms with van der Waals surface area (Å²) < 4.78 is 2.20. The van der Waals surface area contributed by atoms with Crippen LogP contribution in [0.25, 0.3) is 10.9 Å². The van der Waals surface area contributed by atoms with Gasteiger partial charge >= 0.3 is 0 Å². The van der Waals surface area contributed by atoms with Crippen LogP contribution in [0.4, 0.5) is 0 Å². The van der Waals surface area contributed by atoms with Gasteiger partial charge < -0.3 is 15.6 Å². The fourth-order valence-electron chi connectivity index (χ4n) is 2.01. The molecule has 0 spiro atoms. The van der Waals surface area contributed by atoms with Crippen molar-refractivity contribution < 1.29 is 4.79 Å². The number of carbonyl (C=O) groups excluding carboxylic acids is 1. The summed E-state index contributed by atoms with van der Waals surface area (Å²) in [6.45, 7) is 4.95. The van der Waals surface area contributed by atoms with Crippen LogP contribution < -0.4 is 11.1 Å². The van der Waals surface area contributed by atoms with E-state index < -0.39 is 5.54 Å². The Morgan fingerprint density at radius 3 is 2.79 bits per heavy atom. The van der Waals surface area contributed by atoms with Gasteiger partial charge in [0, 0.05) is 24.8 Å². The van der Waals surface area contributed by atoms with Crippen LogP contribution in [0.15, 0.2) is 36.5 Å². The first-order valence-corrected chi connectivity index (χ1v) is 6.59. The Balaban J connectivity index is 1.85. The van der Waals surface area contributed by atoms with Crippen LogP contribution >= 0.6 is 0 Å². The minimum absolute atomic E-state index is 0.107. The van der Waals surface area contributed by atoms with Gasteiger partial charge in [0.2, 0.25) is 5.91 Å². The molecular weight excluding hydrogens is 238 g/mol. The Bertz CT molecular complexity index is 566. The number of benzene rings is 1.